The molecule has 1 heteroatoms. The lowest BCUT2D eigenvalue weighted by molar-refractivity contribution is 0.587. The van der Waals surface area contributed by atoms with Crippen molar-refractivity contribution in [3.8, 4) is 0 Å². The SMILES string of the molecule is CC(=Nc1ccc(C(C)(C)C)cc1C)C(C)(C)C. The van der Waals surface area contributed by atoms with Crippen LogP contribution >= 0.6 is 0 Å². The lowest BCUT2D eigenvalue weighted by Crippen LogP contribution is -2.16. The molecule has 0 bridgehead atoms. The van der Waals surface area contributed by atoms with Gasteiger partial charge in [0.2, 0.25) is 0 Å². The van der Waals surface area contributed by atoms with Gasteiger partial charge in [0.05, 0.1) is 5.69 Å². The molecule has 1 nitrogen and oxygen atoms in total. The summed E-state index contributed by atoms with van der Waals surface area (Å²) in [7, 11) is 0. The summed E-state index contributed by atoms with van der Waals surface area (Å²) in [6.45, 7) is 17.6. The molecule has 0 saturated heterocycles. The molecule has 1 rings (SSSR count). The Morgan fingerprint density at radius 1 is 1.00 bits per heavy atom. The van der Waals surface area contributed by atoms with Gasteiger partial charge in [-0.05, 0) is 41.9 Å². The molecule has 0 unspecified atom stereocenters. The number of benzene rings is 1. The van der Waals surface area contributed by atoms with Gasteiger partial charge in [0.15, 0.2) is 0 Å². The molecule has 0 aliphatic rings. The first-order chi connectivity index (χ1) is 8.01. The highest BCUT2D eigenvalue weighted by molar-refractivity contribution is 5.89. The smallest absolute Gasteiger partial charge is 0.0658 e. The molecule has 0 N–H and O–H groups in total. The standard InChI is InChI=1S/C17H27N/c1-12-11-14(17(6,7)8)9-10-15(12)18-13(2)16(3,4)5/h9-11H,1-8H3. The molecular weight excluding hydrogens is 218 g/mol. The summed E-state index contributed by atoms with van der Waals surface area (Å²) in [6.07, 6.45) is 0. The van der Waals surface area contributed by atoms with Crippen LogP contribution in [-0.4, -0.2) is 5.71 Å². The van der Waals surface area contributed by atoms with Crippen LogP contribution in [0.1, 0.15) is 59.6 Å². The van der Waals surface area contributed by atoms with Crippen LogP contribution in [0, 0.1) is 12.3 Å². The fourth-order valence-electron chi connectivity index (χ4n) is 1.60. The van der Waals surface area contributed by atoms with E-state index < -0.39 is 0 Å². The Labute approximate surface area is 112 Å². The van der Waals surface area contributed by atoms with E-state index in [0.717, 1.165) is 5.69 Å². The Morgan fingerprint density at radius 2 is 1.56 bits per heavy atom. The summed E-state index contributed by atoms with van der Waals surface area (Å²) in [5.74, 6) is 0. The zero-order valence-electron chi connectivity index (χ0n) is 13.2. The molecular formula is C17H27N. The van der Waals surface area contributed by atoms with Gasteiger partial charge < -0.3 is 0 Å². The van der Waals surface area contributed by atoms with Crippen LogP contribution in [0.5, 0.6) is 0 Å². The third-order valence-corrected chi connectivity index (χ3v) is 3.44. The number of aryl methyl sites for hydroxylation is 1. The van der Waals surface area contributed by atoms with E-state index in [-0.39, 0.29) is 10.8 Å². The van der Waals surface area contributed by atoms with Crippen molar-refractivity contribution in [2.45, 2.75) is 60.8 Å². The van der Waals surface area contributed by atoms with Crippen molar-refractivity contribution in [2.24, 2.45) is 10.4 Å². The Balaban J connectivity index is 3.16. The van der Waals surface area contributed by atoms with E-state index in [9.17, 15) is 0 Å². The number of hydrogen-bond acceptors (Lipinski definition) is 1. The lowest BCUT2D eigenvalue weighted by atomic mass is 9.86. The zero-order valence-corrected chi connectivity index (χ0v) is 13.2. The molecule has 0 aromatic heterocycles. The summed E-state index contributed by atoms with van der Waals surface area (Å²) >= 11 is 0. The van der Waals surface area contributed by atoms with Gasteiger partial charge in [-0.25, -0.2) is 0 Å². The largest absolute Gasteiger partial charge is 0.257 e. The lowest BCUT2D eigenvalue weighted by Gasteiger charge is -2.21. The van der Waals surface area contributed by atoms with Crippen LogP contribution in [0.4, 0.5) is 5.69 Å². The average molecular weight is 245 g/mol. The quantitative estimate of drug-likeness (QED) is 0.585. The second-order valence-corrected chi connectivity index (χ2v) is 7.20. The maximum Gasteiger partial charge on any atom is 0.0658 e. The second kappa shape index (κ2) is 4.87. The van der Waals surface area contributed by atoms with Crippen LogP contribution < -0.4 is 0 Å². The minimum absolute atomic E-state index is 0.134. The number of aliphatic imine (C=N–C) groups is 1. The maximum atomic E-state index is 4.77. The van der Waals surface area contributed by atoms with E-state index in [2.05, 4.69) is 73.6 Å². The predicted octanol–water partition coefficient (Wildman–Crippen LogP) is 5.43. The van der Waals surface area contributed by atoms with Gasteiger partial charge in [-0.2, -0.15) is 0 Å². The van der Waals surface area contributed by atoms with Gasteiger partial charge in [-0.15, -0.1) is 0 Å². The van der Waals surface area contributed by atoms with Crippen LogP contribution in [0.2, 0.25) is 0 Å². The fraction of sp³-hybridized carbons (Fsp3) is 0.588. The molecule has 0 atom stereocenters. The number of rotatable bonds is 1. The topological polar surface area (TPSA) is 12.4 Å². The van der Waals surface area contributed by atoms with Crippen molar-refractivity contribution in [2.75, 3.05) is 0 Å². The van der Waals surface area contributed by atoms with Crippen molar-refractivity contribution in [1.29, 1.82) is 0 Å². The first kappa shape index (κ1) is 14.9. The van der Waals surface area contributed by atoms with Crippen molar-refractivity contribution in [1.82, 2.24) is 0 Å². The molecule has 1 aromatic rings. The van der Waals surface area contributed by atoms with Gasteiger partial charge in [0.25, 0.3) is 0 Å². The summed E-state index contributed by atoms with van der Waals surface area (Å²) in [4.78, 5) is 4.77. The van der Waals surface area contributed by atoms with Crippen LogP contribution in [0.25, 0.3) is 0 Å². The van der Waals surface area contributed by atoms with E-state index in [1.165, 1.54) is 16.8 Å². The van der Waals surface area contributed by atoms with Gasteiger partial charge in [0, 0.05) is 5.71 Å². The van der Waals surface area contributed by atoms with E-state index in [4.69, 9.17) is 4.99 Å². The average Bonchev–Trinajstić information content (AvgIpc) is 2.17. The Hall–Kier alpha value is -1.11. The number of hydrogen-bond donors (Lipinski definition) is 0. The second-order valence-electron chi connectivity index (χ2n) is 7.20. The minimum atomic E-state index is 0.134. The first-order valence-corrected chi connectivity index (χ1v) is 6.69. The number of nitrogens with zero attached hydrogens (tertiary/aromatic N) is 1. The Bertz CT molecular complexity index is 453. The molecule has 100 valence electrons. The molecule has 1 aromatic carbocycles. The Morgan fingerprint density at radius 3 is 1.94 bits per heavy atom. The van der Waals surface area contributed by atoms with E-state index >= 15 is 0 Å². The van der Waals surface area contributed by atoms with Crippen molar-refractivity contribution >= 4 is 11.4 Å². The third kappa shape index (κ3) is 3.69. The maximum absolute atomic E-state index is 4.77. The zero-order chi connectivity index (χ0) is 14.1. The van der Waals surface area contributed by atoms with Crippen LogP contribution in [0.3, 0.4) is 0 Å². The molecule has 0 spiro atoms. The first-order valence-electron chi connectivity index (χ1n) is 6.69. The van der Waals surface area contributed by atoms with E-state index in [1.54, 1.807) is 0 Å². The highest BCUT2D eigenvalue weighted by atomic mass is 14.8. The third-order valence-electron chi connectivity index (χ3n) is 3.44. The van der Waals surface area contributed by atoms with Crippen molar-refractivity contribution < 1.29 is 0 Å². The highest BCUT2D eigenvalue weighted by Crippen LogP contribution is 2.29. The van der Waals surface area contributed by atoms with E-state index in [0.29, 0.717) is 0 Å². The molecule has 0 radical (unpaired) electrons. The van der Waals surface area contributed by atoms with Crippen LogP contribution in [-0.2, 0) is 5.41 Å². The molecule has 0 saturated carbocycles. The summed E-state index contributed by atoms with van der Waals surface area (Å²) in [5.41, 5.74) is 5.23. The van der Waals surface area contributed by atoms with Gasteiger partial charge in [-0.1, -0.05) is 53.7 Å². The van der Waals surface area contributed by atoms with Gasteiger partial charge >= 0.3 is 0 Å². The Kier molecular flexibility index (Phi) is 4.05. The normalized spacial score (nSPS) is 13.9. The highest BCUT2D eigenvalue weighted by Gasteiger charge is 2.16. The van der Waals surface area contributed by atoms with Gasteiger partial charge in [-0.3, -0.25) is 4.99 Å². The monoisotopic (exact) mass is 245 g/mol. The molecule has 0 aliphatic carbocycles. The predicted molar refractivity (Wildman–Crippen MR) is 82.1 cm³/mol. The molecule has 0 aliphatic heterocycles. The molecule has 0 amide bonds. The summed E-state index contributed by atoms with van der Waals surface area (Å²) < 4.78 is 0. The van der Waals surface area contributed by atoms with Crippen molar-refractivity contribution in [3.63, 3.8) is 0 Å². The summed E-state index contributed by atoms with van der Waals surface area (Å²) in [6, 6.07) is 6.60. The fourth-order valence-corrected chi connectivity index (χ4v) is 1.60. The van der Waals surface area contributed by atoms with E-state index in [1.807, 2.05) is 0 Å². The van der Waals surface area contributed by atoms with Crippen molar-refractivity contribution in [3.05, 3.63) is 29.3 Å². The molecule has 0 fully saturated rings. The van der Waals surface area contributed by atoms with Crippen LogP contribution in [0.15, 0.2) is 23.2 Å². The molecule has 0 heterocycles. The molecule has 18 heavy (non-hydrogen) atoms. The minimum Gasteiger partial charge on any atom is -0.257 e. The van der Waals surface area contributed by atoms with Gasteiger partial charge in [0.1, 0.15) is 0 Å². The summed E-state index contributed by atoms with van der Waals surface area (Å²) in [5, 5.41) is 0.